The van der Waals surface area contributed by atoms with E-state index in [1.165, 1.54) is 11.1 Å². The largest absolute Gasteiger partial charge is 0.340 e. The first-order valence-electron chi connectivity index (χ1n) is 6.91. The second-order valence-electron chi connectivity index (χ2n) is 5.80. The average Bonchev–Trinajstić information content (AvgIpc) is 2.73. The summed E-state index contributed by atoms with van der Waals surface area (Å²) in [5, 5.41) is 12.7. The molecule has 0 fully saturated rings. The van der Waals surface area contributed by atoms with E-state index in [2.05, 4.69) is 65.4 Å². The van der Waals surface area contributed by atoms with Gasteiger partial charge in [-0.3, -0.25) is 0 Å². The SMILES string of the molecule is Cc1c(CNC(C)(C)c2ccc(Br)cc2)cc(C#N)n1C. The van der Waals surface area contributed by atoms with Crippen molar-refractivity contribution in [2.24, 2.45) is 7.05 Å². The first-order chi connectivity index (χ1) is 9.85. The Bertz CT molecular complexity index is 675. The summed E-state index contributed by atoms with van der Waals surface area (Å²) in [5.74, 6) is 0. The molecule has 0 amide bonds. The Labute approximate surface area is 134 Å². The van der Waals surface area contributed by atoms with Gasteiger partial charge in [0.1, 0.15) is 11.8 Å². The number of nitrogens with one attached hydrogen (secondary N) is 1. The Kier molecular flexibility index (Phi) is 4.55. The van der Waals surface area contributed by atoms with Gasteiger partial charge in [-0.2, -0.15) is 5.26 Å². The minimum Gasteiger partial charge on any atom is -0.340 e. The molecule has 21 heavy (non-hydrogen) atoms. The molecule has 0 radical (unpaired) electrons. The van der Waals surface area contributed by atoms with Crippen LogP contribution in [0.4, 0.5) is 0 Å². The van der Waals surface area contributed by atoms with Crippen LogP contribution in [-0.2, 0) is 19.1 Å². The molecule has 0 aliphatic carbocycles. The summed E-state index contributed by atoms with van der Waals surface area (Å²) in [6.45, 7) is 7.12. The van der Waals surface area contributed by atoms with Crippen molar-refractivity contribution in [3.63, 3.8) is 0 Å². The topological polar surface area (TPSA) is 40.8 Å². The molecule has 1 N–H and O–H groups in total. The van der Waals surface area contributed by atoms with Crippen molar-refractivity contribution in [1.82, 2.24) is 9.88 Å². The summed E-state index contributed by atoms with van der Waals surface area (Å²) in [5.41, 5.74) is 4.10. The Morgan fingerprint density at radius 3 is 2.43 bits per heavy atom. The monoisotopic (exact) mass is 345 g/mol. The highest BCUT2D eigenvalue weighted by Crippen LogP contribution is 2.23. The van der Waals surface area contributed by atoms with Crippen LogP contribution in [0, 0.1) is 18.3 Å². The molecule has 1 aromatic heterocycles. The molecule has 1 heterocycles. The van der Waals surface area contributed by atoms with E-state index >= 15 is 0 Å². The molecule has 0 aliphatic heterocycles. The highest BCUT2D eigenvalue weighted by atomic mass is 79.9. The van der Waals surface area contributed by atoms with Crippen molar-refractivity contribution in [3.8, 4) is 6.07 Å². The van der Waals surface area contributed by atoms with Crippen LogP contribution >= 0.6 is 15.9 Å². The molecule has 4 heteroatoms. The predicted octanol–water partition coefficient (Wildman–Crippen LogP) is 3.99. The molecule has 0 spiro atoms. The van der Waals surface area contributed by atoms with E-state index in [1.54, 1.807) is 0 Å². The lowest BCUT2D eigenvalue weighted by Gasteiger charge is -2.27. The number of aromatic nitrogens is 1. The fourth-order valence-corrected chi connectivity index (χ4v) is 2.60. The Morgan fingerprint density at radius 2 is 1.90 bits per heavy atom. The van der Waals surface area contributed by atoms with Gasteiger partial charge in [0.25, 0.3) is 0 Å². The maximum Gasteiger partial charge on any atom is 0.120 e. The van der Waals surface area contributed by atoms with Crippen LogP contribution in [0.2, 0.25) is 0 Å². The van der Waals surface area contributed by atoms with Crippen molar-refractivity contribution in [1.29, 1.82) is 5.26 Å². The zero-order valence-electron chi connectivity index (χ0n) is 12.9. The Morgan fingerprint density at radius 1 is 1.29 bits per heavy atom. The number of hydrogen-bond acceptors (Lipinski definition) is 2. The maximum absolute atomic E-state index is 9.09. The van der Waals surface area contributed by atoms with Crippen LogP contribution in [0.15, 0.2) is 34.8 Å². The highest BCUT2D eigenvalue weighted by Gasteiger charge is 2.20. The first-order valence-corrected chi connectivity index (χ1v) is 7.71. The van der Waals surface area contributed by atoms with Crippen LogP contribution in [0.1, 0.15) is 36.4 Å². The van der Waals surface area contributed by atoms with Gasteiger partial charge in [-0.05, 0) is 50.1 Å². The van der Waals surface area contributed by atoms with E-state index in [0.29, 0.717) is 5.69 Å². The number of benzene rings is 1. The first kappa shape index (κ1) is 15.8. The maximum atomic E-state index is 9.09. The third-order valence-corrected chi connectivity index (χ3v) is 4.57. The fraction of sp³-hybridized carbons (Fsp3) is 0.353. The van der Waals surface area contributed by atoms with Crippen molar-refractivity contribution >= 4 is 15.9 Å². The summed E-state index contributed by atoms with van der Waals surface area (Å²) in [4.78, 5) is 0. The van der Waals surface area contributed by atoms with Crippen molar-refractivity contribution in [2.75, 3.05) is 0 Å². The van der Waals surface area contributed by atoms with Gasteiger partial charge in [-0.25, -0.2) is 0 Å². The zero-order chi connectivity index (χ0) is 15.6. The van der Waals surface area contributed by atoms with Gasteiger partial charge in [0.05, 0.1) is 0 Å². The standard InChI is InChI=1S/C17H20BrN3/c1-12-13(9-16(10-19)21(12)4)11-20-17(2,3)14-5-7-15(18)8-6-14/h5-9,20H,11H2,1-4H3. The second-order valence-corrected chi connectivity index (χ2v) is 6.71. The molecule has 1 aromatic carbocycles. The Balaban J connectivity index is 2.15. The molecule has 0 bridgehead atoms. The van der Waals surface area contributed by atoms with Gasteiger partial charge >= 0.3 is 0 Å². The number of rotatable bonds is 4. The summed E-state index contributed by atoms with van der Waals surface area (Å²) >= 11 is 3.46. The third-order valence-electron chi connectivity index (χ3n) is 4.04. The van der Waals surface area contributed by atoms with Gasteiger partial charge < -0.3 is 9.88 Å². The van der Waals surface area contributed by atoms with Gasteiger partial charge in [-0.1, -0.05) is 28.1 Å². The summed E-state index contributed by atoms with van der Waals surface area (Å²) in [6.07, 6.45) is 0. The van der Waals surface area contributed by atoms with Crippen LogP contribution < -0.4 is 5.32 Å². The molecule has 0 atom stereocenters. The van der Waals surface area contributed by atoms with E-state index in [9.17, 15) is 0 Å². The number of nitrogens with zero attached hydrogens (tertiary/aromatic N) is 2. The molecule has 110 valence electrons. The minimum atomic E-state index is -0.129. The molecule has 0 saturated carbocycles. The zero-order valence-corrected chi connectivity index (χ0v) is 14.5. The number of nitriles is 1. The second kappa shape index (κ2) is 6.05. The molecule has 2 aromatic rings. The predicted molar refractivity (Wildman–Crippen MR) is 88.9 cm³/mol. The van der Waals surface area contributed by atoms with Gasteiger partial charge in [-0.15, -0.1) is 0 Å². The van der Waals surface area contributed by atoms with Crippen LogP contribution in [0.3, 0.4) is 0 Å². The highest BCUT2D eigenvalue weighted by molar-refractivity contribution is 9.10. The van der Waals surface area contributed by atoms with Gasteiger partial charge in [0, 0.05) is 29.3 Å². The van der Waals surface area contributed by atoms with Crippen LogP contribution in [-0.4, -0.2) is 4.57 Å². The lowest BCUT2D eigenvalue weighted by atomic mass is 9.94. The van der Waals surface area contributed by atoms with Crippen molar-refractivity contribution in [2.45, 2.75) is 32.9 Å². The van der Waals surface area contributed by atoms with Crippen molar-refractivity contribution in [3.05, 3.63) is 57.3 Å². The fourth-order valence-electron chi connectivity index (χ4n) is 2.33. The minimum absolute atomic E-state index is 0.129. The summed E-state index contributed by atoms with van der Waals surface area (Å²) in [7, 11) is 1.93. The molecule has 0 aliphatic rings. The normalized spacial score (nSPS) is 11.4. The summed E-state index contributed by atoms with van der Waals surface area (Å²) < 4.78 is 3.02. The third kappa shape index (κ3) is 3.37. The van der Waals surface area contributed by atoms with E-state index in [-0.39, 0.29) is 5.54 Å². The van der Waals surface area contributed by atoms with E-state index in [4.69, 9.17) is 5.26 Å². The van der Waals surface area contributed by atoms with Crippen molar-refractivity contribution < 1.29 is 0 Å². The quantitative estimate of drug-likeness (QED) is 0.909. The molecule has 2 rings (SSSR count). The average molecular weight is 346 g/mol. The lowest BCUT2D eigenvalue weighted by Crippen LogP contribution is -2.36. The smallest absolute Gasteiger partial charge is 0.120 e. The number of hydrogen-bond donors (Lipinski definition) is 1. The van der Waals surface area contributed by atoms with Crippen LogP contribution in [0.5, 0.6) is 0 Å². The molecule has 0 unspecified atom stereocenters. The molecular formula is C17H20BrN3. The molecular weight excluding hydrogens is 326 g/mol. The van der Waals surface area contributed by atoms with Crippen LogP contribution in [0.25, 0.3) is 0 Å². The van der Waals surface area contributed by atoms with E-state index in [1.807, 2.05) is 24.6 Å². The summed E-state index contributed by atoms with van der Waals surface area (Å²) in [6, 6.07) is 12.5. The molecule has 0 saturated heterocycles. The molecule has 3 nitrogen and oxygen atoms in total. The van der Waals surface area contributed by atoms with Gasteiger partial charge in [0.15, 0.2) is 0 Å². The Hall–Kier alpha value is -1.57. The van der Waals surface area contributed by atoms with E-state index in [0.717, 1.165) is 16.7 Å². The number of halogens is 1. The lowest BCUT2D eigenvalue weighted by molar-refractivity contribution is 0.400. The van der Waals surface area contributed by atoms with Gasteiger partial charge in [0.2, 0.25) is 0 Å². The van der Waals surface area contributed by atoms with E-state index < -0.39 is 0 Å².